The number of hydrogen-bond acceptors (Lipinski definition) is 10. The Hall–Kier alpha value is -10.9. The number of phenolic OH excluding ortho intramolecular Hbond substituents is 1. The maximum Gasteiger partial charge on any atom is 0.633 e. The molecule has 8 aromatic carbocycles. The summed E-state index contributed by atoms with van der Waals surface area (Å²) in [6, 6.07) is 46.2. The smallest absolute Gasteiger partial charge is 0.518 e. The molecule has 0 unspecified atom stereocenters. The zero-order valence-electron chi connectivity index (χ0n) is 43.4. The maximum absolute atomic E-state index is 15.1. The Bertz CT molecular complexity index is 5470. The number of rotatable bonds is 2. The molecule has 0 atom stereocenters. The van der Waals surface area contributed by atoms with Gasteiger partial charge < -0.3 is 18.7 Å². The molecule has 18 rings (SSSR count). The molecule has 6 aliphatic rings. The molecule has 6 aliphatic heterocycles. The summed E-state index contributed by atoms with van der Waals surface area (Å²) in [4.78, 5) is 39.5. The van der Waals surface area contributed by atoms with Gasteiger partial charge in [0.05, 0.1) is 0 Å². The van der Waals surface area contributed by atoms with E-state index in [-0.39, 0.29) is 11.3 Å². The second kappa shape index (κ2) is 18.8. The van der Waals surface area contributed by atoms with Crippen molar-refractivity contribution in [3.8, 4) is 11.5 Å². The molecule has 10 heterocycles. The molecule has 0 spiro atoms. The maximum atomic E-state index is 15.1. The molecule has 0 saturated heterocycles. The standard InChI is InChI=1S/C30H12BF5N6O.C24H12BClN6.C6HF5O/c32-19-20(33)22(35)24(23(36)21(19)34)43-31-41-27-15-9-3-5-11-17(15)29(41)40-30-18-12-6-4-10-16(18)28(42(30)31)39-26-14-8-2-1-7-13(14)25(37-26)38-27;26-25-31-21-15-9-3-5-11-17(15)23(31)30-24-18-12-6-4-10-16(18)22(32(24)25)29-20-14-8-2-1-7-13(14)19(27-20)28-21;7-1-2(8)4(10)6(12)5(11)3(1)9/h1-12H;1-12H;12H. The van der Waals surface area contributed by atoms with Crippen LogP contribution in [0, 0.1) is 58.2 Å². The van der Waals surface area contributed by atoms with Crippen LogP contribution in [-0.2, 0) is 0 Å². The molecule has 0 aliphatic carbocycles. The zero-order chi connectivity index (χ0) is 59.6. The number of halogens is 11. The van der Waals surface area contributed by atoms with Crippen LogP contribution in [0.2, 0.25) is 0 Å². The van der Waals surface area contributed by atoms with Crippen LogP contribution in [0.3, 0.4) is 0 Å². The van der Waals surface area contributed by atoms with E-state index in [1.165, 1.54) is 8.96 Å². The predicted octanol–water partition coefficient (Wildman–Crippen LogP) is 11.5. The molecule has 1 N–H and O–H groups in total. The van der Waals surface area contributed by atoms with Gasteiger partial charge in [0.25, 0.3) is 0 Å². The summed E-state index contributed by atoms with van der Waals surface area (Å²) in [6.45, 7) is 0. The van der Waals surface area contributed by atoms with Gasteiger partial charge >= 0.3 is 13.6 Å². The van der Waals surface area contributed by atoms with E-state index in [0.717, 1.165) is 55.3 Å². The normalized spacial score (nSPS) is 14.1. The van der Waals surface area contributed by atoms with Crippen LogP contribution in [0.5, 0.6) is 11.5 Å². The van der Waals surface area contributed by atoms with Gasteiger partial charge in [-0.05, 0) is 0 Å². The lowest BCUT2D eigenvalue weighted by atomic mass is 9.98. The Labute approximate surface area is 483 Å². The number of phenols is 1. The first kappa shape index (κ1) is 51.7. The van der Waals surface area contributed by atoms with E-state index in [0.29, 0.717) is 67.3 Å². The highest BCUT2D eigenvalue weighted by Gasteiger charge is 2.43. The van der Waals surface area contributed by atoms with Gasteiger partial charge in [0.2, 0.25) is 58.2 Å². The van der Waals surface area contributed by atoms with Crippen molar-refractivity contribution in [2.75, 3.05) is 0 Å². The molecule has 0 radical (unpaired) electrons. The zero-order valence-corrected chi connectivity index (χ0v) is 44.1. The highest BCUT2D eigenvalue weighted by Crippen LogP contribution is 2.44. The van der Waals surface area contributed by atoms with Crippen LogP contribution in [0.25, 0.3) is 43.1 Å². The molecule has 0 fully saturated rings. The van der Waals surface area contributed by atoms with Crippen LogP contribution >= 0.6 is 11.5 Å². The van der Waals surface area contributed by atoms with Crippen molar-refractivity contribution in [3.63, 3.8) is 0 Å². The van der Waals surface area contributed by atoms with E-state index in [4.69, 9.17) is 61.2 Å². The van der Waals surface area contributed by atoms with Gasteiger partial charge in [-0.3, -0.25) is 8.96 Å². The lowest BCUT2D eigenvalue weighted by molar-refractivity contribution is 0.325. The molecule has 420 valence electrons. The van der Waals surface area contributed by atoms with Gasteiger partial charge in [-0.1, -0.05) is 146 Å². The number of aromatic hydroxyl groups is 1. The number of aromatic nitrogens is 4. The Morgan fingerprint density at radius 1 is 0.310 bits per heavy atom. The molecule has 27 heteroatoms. The topological polar surface area (TPSA) is 148 Å². The third-order valence-corrected chi connectivity index (χ3v) is 15.8. The van der Waals surface area contributed by atoms with Crippen molar-refractivity contribution >= 4 is 115 Å². The monoisotopic (exact) mass is 1190 g/mol. The van der Waals surface area contributed by atoms with E-state index in [1.54, 1.807) is 48.5 Å². The quantitative estimate of drug-likeness (QED) is 0.0794. The number of fused-ring (bicyclic) bond motifs is 20. The summed E-state index contributed by atoms with van der Waals surface area (Å²) in [7, 11) is -1.56. The third-order valence-electron chi connectivity index (χ3n) is 15.4. The van der Waals surface area contributed by atoms with E-state index in [9.17, 15) is 35.1 Å². The van der Waals surface area contributed by atoms with Gasteiger partial charge in [-0.15, -0.1) is 11.5 Å². The summed E-state index contributed by atoms with van der Waals surface area (Å²) < 4.78 is 146. The lowest BCUT2D eigenvalue weighted by Gasteiger charge is -2.23. The molecule has 14 nitrogen and oxygen atoms in total. The Morgan fingerprint density at radius 3 is 1.01 bits per heavy atom. The molecular weight excluding hydrogens is 1170 g/mol. The highest BCUT2D eigenvalue weighted by atomic mass is 35.5. The first-order valence-electron chi connectivity index (χ1n) is 26.1. The summed E-state index contributed by atoms with van der Waals surface area (Å²) in [5.74, 6) is -21.1. The highest BCUT2D eigenvalue weighted by molar-refractivity contribution is 7.05. The van der Waals surface area contributed by atoms with Crippen molar-refractivity contribution < 1.29 is 53.7 Å². The van der Waals surface area contributed by atoms with Crippen molar-refractivity contribution in [2.24, 2.45) is 39.9 Å². The Morgan fingerprint density at radius 2 is 0.598 bits per heavy atom. The summed E-state index contributed by atoms with van der Waals surface area (Å²) in [5.41, 5.74) is 5.48. The first-order chi connectivity index (χ1) is 42.2. The predicted molar refractivity (Wildman–Crippen MR) is 304 cm³/mol. The fraction of sp³-hybridized carbons (Fsp3) is 0. The van der Waals surface area contributed by atoms with Crippen molar-refractivity contribution in [1.29, 1.82) is 0 Å². The largest absolute Gasteiger partial charge is 0.633 e. The van der Waals surface area contributed by atoms with Crippen LogP contribution in [0.15, 0.2) is 186 Å². The van der Waals surface area contributed by atoms with Crippen molar-refractivity contribution in [2.45, 2.75) is 0 Å². The summed E-state index contributed by atoms with van der Waals surface area (Å²) >= 11 is 7.19. The molecule has 87 heavy (non-hydrogen) atoms. The summed E-state index contributed by atoms with van der Waals surface area (Å²) in [5, 5.41) is 14.8. The minimum Gasteiger partial charge on any atom is -0.518 e. The molecule has 8 bridgehead atoms. The molecular formula is C60H25B2ClF10N12O2. The Kier molecular flexibility index (Phi) is 11.2. The van der Waals surface area contributed by atoms with Crippen LogP contribution in [0.4, 0.5) is 67.2 Å². The summed E-state index contributed by atoms with van der Waals surface area (Å²) in [6.07, 6.45) is -0.559. The number of amidine groups is 4. The third kappa shape index (κ3) is 7.27. The van der Waals surface area contributed by atoms with Crippen molar-refractivity contribution in [3.05, 3.63) is 248 Å². The van der Waals surface area contributed by atoms with E-state index >= 15 is 8.78 Å². The van der Waals surface area contributed by atoms with Crippen LogP contribution in [0.1, 0.15) is 22.3 Å². The Balaban J connectivity index is 0.000000122. The van der Waals surface area contributed by atoms with E-state index in [2.05, 4.69) is 24.3 Å². The fourth-order valence-corrected chi connectivity index (χ4v) is 11.9. The minimum absolute atomic E-state index is 0.259. The molecule has 0 amide bonds. The van der Waals surface area contributed by atoms with Gasteiger partial charge in [0, 0.05) is 65.3 Å². The molecule has 0 saturated carbocycles. The van der Waals surface area contributed by atoms with E-state index in [1.807, 2.05) is 81.8 Å². The van der Waals surface area contributed by atoms with Gasteiger partial charge in [-0.25, -0.2) is 66.3 Å². The molecule has 4 aromatic heterocycles. The second-order valence-corrected chi connectivity index (χ2v) is 20.5. The van der Waals surface area contributed by atoms with E-state index < -0.39 is 83.3 Å². The van der Waals surface area contributed by atoms with Gasteiger partial charge in [-0.2, -0.15) is 17.6 Å². The number of aliphatic imine (C=N–C) groups is 4. The second-order valence-electron chi connectivity index (χ2n) is 20.1. The SMILES string of the molecule is ClB1n2c3c4ccccc4c2N=c2c4ccccc4c(n21)=NC1=NC(=N3)c2ccccc21.Fc1c(F)c(F)c(OB2n3c4c5ccccc5c3N=c3c5ccccc5c(n32)=NC2=NC(=N4)c3ccccc32)c(F)c1F.Oc1c(F)c(F)c(F)c(F)c1F. The molecule has 12 aromatic rings. The number of hydrogen-bond donors (Lipinski definition) is 1. The van der Waals surface area contributed by atoms with Gasteiger partial charge in [0.15, 0.2) is 34.8 Å². The number of nitrogens with zero attached hydrogens (tertiary/aromatic N) is 12. The van der Waals surface area contributed by atoms with Crippen LogP contribution in [-0.4, -0.2) is 59.9 Å². The van der Waals surface area contributed by atoms with Crippen LogP contribution < -0.4 is 26.6 Å². The average molecular weight is 1190 g/mol. The minimum atomic E-state index is -2.29. The number of benzene rings is 8. The van der Waals surface area contributed by atoms with Crippen molar-refractivity contribution in [1.82, 2.24) is 17.9 Å². The van der Waals surface area contributed by atoms with Gasteiger partial charge in [0.1, 0.15) is 45.2 Å². The lowest BCUT2D eigenvalue weighted by Crippen LogP contribution is -2.52. The first-order valence-corrected chi connectivity index (χ1v) is 26.6. The fourth-order valence-electron chi connectivity index (χ4n) is 11.5. The average Bonchev–Trinajstić information content (AvgIpc) is 1.56.